The van der Waals surface area contributed by atoms with Crippen LogP contribution in [0.1, 0.15) is 5.56 Å². The lowest BCUT2D eigenvalue weighted by atomic mass is 10.1. The molecule has 1 aromatic rings. The third kappa shape index (κ3) is 3.65. The van der Waals surface area contributed by atoms with Gasteiger partial charge in [0.25, 0.3) is 0 Å². The molecule has 102 valence electrons. The van der Waals surface area contributed by atoms with E-state index in [1.807, 2.05) is 0 Å². The van der Waals surface area contributed by atoms with E-state index in [9.17, 15) is 9.18 Å². The van der Waals surface area contributed by atoms with Gasteiger partial charge < -0.3 is 15.4 Å². The van der Waals surface area contributed by atoms with Gasteiger partial charge in [-0.2, -0.15) is 5.10 Å². The Hall–Kier alpha value is -2.15. The van der Waals surface area contributed by atoms with E-state index >= 15 is 0 Å². The number of carbonyl (C=O) groups excluding carboxylic acids is 1. The highest BCUT2D eigenvalue weighted by molar-refractivity contribution is 5.88. The van der Waals surface area contributed by atoms with E-state index in [1.54, 1.807) is 6.07 Å². The number of ether oxygens (including phenoxy) is 1. The minimum atomic E-state index is -0.763. The van der Waals surface area contributed by atoms with Gasteiger partial charge in [-0.1, -0.05) is 0 Å². The summed E-state index contributed by atoms with van der Waals surface area (Å²) in [5.74, 6) is -0.363. The molecule has 1 heterocycles. The Bertz CT molecular complexity index is 487. The summed E-state index contributed by atoms with van der Waals surface area (Å²) in [5, 5.41) is 3.66. The number of primary amides is 1. The van der Waals surface area contributed by atoms with Crippen LogP contribution in [0, 0.1) is 5.82 Å². The second-order valence-electron chi connectivity index (χ2n) is 4.04. The van der Waals surface area contributed by atoms with Gasteiger partial charge in [-0.3, -0.25) is 0 Å². The molecule has 2 amide bonds. The zero-order valence-electron chi connectivity index (χ0n) is 10.3. The van der Waals surface area contributed by atoms with Crippen molar-refractivity contribution in [3.63, 3.8) is 0 Å². The summed E-state index contributed by atoms with van der Waals surface area (Å²) in [6.45, 7) is 2.73. The number of hydrogen-bond donors (Lipinski definition) is 2. The standard InChI is InChI=1S/C12H15FN4O2/c13-10-1-2-11(17-3-5-19-6-4-17)9(7-10)8-15-16-12(14)18/h1-2,7-8H,3-6H2,(H3,14,16,18). The van der Waals surface area contributed by atoms with Crippen LogP contribution in [0.4, 0.5) is 14.9 Å². The Kier molecular flexibility index (Phi) is 4.30. The Labute approximate surface area is 110 Å². The number of urea groups is 1. The lowest BCUT2D eigenvalue weighted by Crippen LogP contribution is -2.36. The Morgan fingerprint density at radius 1 is 1.47 bits per heavy atom. The van der Waals surface area contributed by atoms with E-state index in [2.05, 4.69) is 15.4 Å². The summed E-state index contributed by atoms with van der Waals surface area (Å²) in [6, 6.07) is 3.67. The maximum Gasteiger partial charge on any atom is 0.332 e. The number of nitrogens with one attached hydrogen (secondary N) is 1. The summed E-state index contributed by atoms with van der Waals surface area (Å²) < 4.78 is 18.6. The summed E-state index contributed by atoms with van der Waals surface area (Å²) in [4.78, 5) is 12.6. The lowest BCUT2D eigenvalue weighted by Gasteiger charge is -2.30. The Morgan fingerprint density at radius 3 is 2.89 bits per heavy atom. The van der Waals surface area contributed by atoms with Crippen molar-refractivity contribution >= 4 is 17.9 Å². The predicted molar refractivity (Wildman–Crippen MR) is 69.7 cm³/mol. The van der Waals surface area contributed by atoms with Crippen molar-refractivity contribution in [2.45, 2.75) is 0 Å². The third-order valence-electron chi connectivity index (χ3n) is 2.72. The molecule has 7 heteroatoms. The summed E-state index contributed by atoms with van der Waals surface area (Å²) in [6.07, 6.45) is 1.37. The number of rotatable bonds is 3. The first-order valence-electron chi connectivity index (χ1n) is 5.87. The maximum atomic E-state index is 13.3. The molecule has 1 aliphatic rings. The van der Waals surface area contributed by atoms with Crippen molar-refractivity contribution in [2.75, 3.05) is 31.2 Å². The van der Waals surface area contributed by atoms with Crippen molar-refractivity contribution < 1.29 is 13.9 Å². The second-order valence-corrected chi connectivity index (χ2v) is 4.04. The van der Waals surface area contributed by atoms with Crippen LogP contribution >= 0.6 is 0 Å². The minimum Gasteiger partial charge on any atom is -0.378 e. The van der Waals surface area contributed by atoms with Crippen LogP contribution in [0.25, 0.3) is 0 Å². The van der Waals surface area contributed by atoms with Crippen LogP contribution in [0.2, 0.25) is 0 Å². The number of amides is 2. The first kappa shape index (κ1) is 13.3. The van der Waals surface area contributed by atoms with E-state index < -0.39 is 6.03 Å². The molecule has 1 aromatic carbocycles. The van der Waals surface area contributed by atoms with Crippen LogP contribution in [-0.4, -0.2) is 38.5 Å². The SMILES string of the molecule is NC(=O)NN=Cc1cc(F)ccc1N1CCOCC1. The van der Waals surface area contributed by atoms with Crippen molar-refractivity contribution in [1.29, 1.82) is 0 Å². The number of halogens is 1. The van der Waals surface area contributed by atoms with Gasteiger partial charge in [0, 0.05) is 24.3 Å². The van der Waals surface area contributed by atoms with Crippen LogP contribution in [0.3, 0.4) is 0 Å². The number of hydrazone groups is 1. The second kappa shape index (κ2) is 6.14. The van der Waals surface area contributed by atoms with Gasteiger partial charge in [0.05, 0.1) is 19.4 Å². The lowest BCUT2D eigenvalue weighted by molar-refractivity contribution is 0.122. The van der Waals surface area contributed by atoms with E-state index in [-0.39, 0.29) is 5.82 Å². The molecule has 0 atom stereocenters. The molecule has 0 unspecified atom stereocenters. The molecule has 1 aliphatic heterocycles. The summed E-state index contributed by atoms with van der Waals surface area (Å²) in [7, 11) is 0. The predicted octanol–water partition coefficient (Wildman–Crippen LogP) is 0.664. The monoisotopic (exact) mass is 266 g/mol. The molecule has 0 aromatic heterocycles. The third-order valence-corrected chi connectivity index (χ3v) is 2.72. The van der Waals surface area contributed by atoms with Gasteiger partial charge in [-0.15, -0.1) is 0 Å². The molecule has 1 fully saturated rings. The van der Waals surface area contributed by atoms with Gasteiger partial charge in [-0.25, -0.2) is 14.6 Å². The smallest absolute Gasteiger partial charge is 0.332 e. The van der Waals surface area contributed by atoms with Crippen molar-refractivity contribution in [2.24, 2.45) is 10.8 Å². The Morgan fingerprint density at radius 2 is 2.21 bits per heavy atom. The molecule has 6 nitrogen and oxygen atoms in total. The molecular formula is C12H15FN4O2. The molecule has 2 rings (SSSR count). The van der Waals surface area contributed by atoms with E-state index in [4.69, 9.17) is 10.5 Å². The zero-order chi connectivity index (χ0) is 13.7. The molecule has 0 aliphatic carbocycles. The van der Waals surface area contributed by atoms with Crippen molar-refractivity contribution in [3.8, 4) is 0 Å². The van der Waals surface area contributed by atoms with Crippen molar-refractivity contribution in [1.82, 2.24) is 5.43 Å². The van der Waals surface area contributed by atoms with Crippen LogP contribution < -0.4 is 16.1 Å². The molecule has 19 heavy (non-hydrogen) atoms. The average molecular weight is 266 g/mol. The largest absolute Gasteiger partial charge is 0.378 e. The van der Waals surface area contributed by atoms with Gasteiger partial charge in [0.15, 0.2) is 0 Å². The molecule has 0 bridgehead atoms. The quantitative estimate of drug-likeness (QED) is 0.623. The van der Waals surface area contributed by atoms with E-state index in [0.29, 0.717) is 18.8 Å². The molecular weight excluding hydrogens is 251 g/mol. The highest BCUT2D eigenvalue weighted by Crippen LogP contribution is 2.21. The zero-order valence-corrected chi connectivity index (χ0v) is 10.3. The van der Waals surface area contributed by atoms with Crippen LogP contribution in [0.5, 0.6) is 0 Å². The highest BCUT2D eigenvalue weighted by atomic mass is 19.1. The highest BCUT2D eigenvalue weighted by Gasteiger charge is 2.14. The van der Waals surface area contributed by atoms with Crippen molar-refractivity contribution in [3.05, 3.63) is 29.6 Å². The average Bonchev–Trinajstić information content (AvgIpc) is 2.39. The normalized spacial score (nSPS) is 15.7. The number of benzene rings is 1. The van der Waals surface area contributed by atoms with Gasteiger partial charge >= 0.3 is 6.03 Å². The number of anilines is 1. The number of nitrogens with zero attached hydrogens (tertiary/aromatic N) is 2. The fraction of sp³-hybridized carbons (Fsp3) is 0.333. The Balaban J connectivity index is 2.21. The maximum absolute atomic E-state index is 13.3. The van der Waals surface area contributed by atoms with Gasteiger partial charge in [-0.05, 0) is 18.2 Å². The fourth-order valence-electron chi connectivity index (χ4n) is 1.89. The van der Waals surface area contributed by atoms with Crippen LogP contribution in [0.15, 0.2) is 23.3 Å². The summed E-state index contributed by atoms with van der Waals surface area (Å²) in [5.41, 5.74) is 8.42. The molecule has 1 saturated heterocycles. The molecule has 3 N–H and O–H groups in total. The molecule has 0 saturated carbocycles. The first-order chi connectivity index (χ1) is 9.16. The van der Waals surface area contributed by atoms with Gasteiger partial charge in [0.2, 0.25) is 0 Å². The van der Waals surface area contributed by atoms with E-state index in [0.717, 1.165) is 18.8 Å². The fourth-order valence-corrected chi connectivity index (χ4v) is 1.89. The van der Waals surface area contributed by atoms with E-state index in [1.165, 1.54) is 18.3 Å². The molecule has 0 spiro atoms. The number of carbonyl (C=O) groups is 1. The topological polar surface area (TPSA) is 80.0 Å². The van der Waals surface area contributed by atoms with Crippen LogP contribution in [-0.2, 0) is 4.74 Å². The first-order valence-corrected chi connectivity index (χ1v) is 5.87. The van der Waals surface area contributed by atoms with Gasteiger partial charge in [0.1, 0.15) is 5.82 Å². The summed E-state index contributed by atoms with van der Waals surface area (Å²) >= 11 is 0. The molecule has 0 radical (unpaired) electrons. The minimum absolute atomic E-state index is 0.363. The number of hydrogen-bond acceptors (Lipinski definition) is 4. The number of nitrogens with two attached hydrogens (primary N) is 1. The number of morpholine rings is 1.